The van der Waals surface area contributed by atoms with Gasteiger partial charge in [-0.15, -0.1) is 0 Å². The van der Waals surface area contributed by atoms with Gasteiger partial charge in [0, 0.05) is 0 Å². The van der Waals surface area contributed by atoms with Crippen molar-refractivity contribution < 1.29 is 19.4 Å². The van der Waals surface area contributed by atoms with Crippen LogP contribution in [0, 0.1) is 10.8 Å². The standard InChI is InChI=1S/C16H30O4/c1-7-9-10-11-12(8-2)20-14(19)16(6,13(17)18)15(3,4)5/h12H,7-11H2,1-6H3,(H,17,18). The minimum absolute atomic E-state index is 0.185. The molecule has 0 rings (SSSR count). The first-order valence-corrected chi connectivity index (χ1v) is 7.55. The molecule has 0 aromatic rings. The summed E-state index contributed by atoms with van der Waals surface area (Å²) in [6.45, 7) is 10.8. The normalized spacial score (nSPS) is 16.3. The van der Waals surface area contributed by atoms with Crippen molar-refractivity contribution in [3.63, 3.8) is 0 Å². The van der Waals surface area contributed by atoms with Crippen molar-refractivity contribution in [1.29, 1.82) is 0 Å². The Labute approximate surface area is 122 Å². The number of hydrogen-bond acceptors (Lipinski definition) is 3. The molecule has 0 amide bonds. The van der Waals surface area contributed by atoms with Gasteiger partial charge in [0.1, 0.15) is 6.10 Å². The van der Waals surface area contributed by atoms with E-state index in [1.165, 1.54) is 6.92 Å². The molecular formula is C16H30O4. The molecule has 118 valence electrons. The topological polar surface area (TPSA) is 63.6 Å². The molecule has 2 atom stereocenters. The third-order valence-electron chi connectivity index (χ3n) is 4.19. The molecule has 1 N–H and O–H groups in total. The van der Waals surface area contributed by atoms with Gasteiger partial charge in [-0.25, -0.2) is 0 Å². The predicted octanol–water partition coefficient (Wildman–Crippen LogP) is 4.03. The van der Waals surface area contributed by atoms with Crippen LogP contribution in [0.15, 0.2) is 0 Å². The van der Waals surface area contributed by atoms with Crippen LogP contribution >= 0.6 is 0 Å². The van der Waals surface area contributed by atoms with E-state index in [9.17, 15) is 14.7 Å². The fourth-order valence-electron chi connectivity index (χ4n) is 1.95. The Kier molecular flexibility index (Phi) is 7.25. The molecule has 0 fully saturated rings. The number of unbranched alkanes of at least 4 members (excludes halogenated alkanes) is 2. The van der Waals surface area contributed by atoms with Crippen LogP contribution in [0.2, 0.25) is 0 Å². The molecule has 4 heteroatoms. The monoisotopic (exact) mass is 286 g/mol. The molecule has 4 nitrogen and oxygen atoms in total. The largest absolute Gasteiger partial charge is 0.480 e. The molecule has 2 unspecified atom stereocenters. The van der Waals surface area contributed by atoms with Crippen LogP contribution in [0.4, 0.5) is 0 Å². The van der Waals surface area contributed by atoms with E-state index in [0.29, 0.717) is 0 Å². The van der Waals surface area contributed by atoms with Gasteiger partial charge in [-0.1, -0.05) is 47.5 Å². The average Bonchev–Trinajstić information content (AvgIpc) is 2.34. The van der Waals surface area contributed by atoms with Gasteiger partial charge in [-0.05, 0) is 31.6 Å². The molecule has 0 heterocycles. The summed E-state index contributed by atoms with van der Waals surface area (Å²) in [6.07, 6.45) is 4.55. The van der Waals surface area contributed by atoms with E-state index in [1.807, 2.05) is 6.92 Å². The zero-order valence-electron chi connectivity index (χ0n) is 13.8. The van der Waals surface area contributed by atoms with Crippen LogP contribution in [0.3, 0.4) is 0 Å². The molecule has 0 aromatic carbocycles. The van der Waals surface area contributed by atoms with Crippen LogP contribution in [-0.2, 0) is 14.3 Å². The Morgan fingerprint density at radius 3 is 2.00 bits per heavy atom. The van der Waals surface area contributed by atoms with Crippen LogP contribution in [0.5, 0.6) is 0 Å². The molecular weight excluding hydrogens is 256 g/mol. The molecule has 0 aromatic heterocycles. The number of hydrogen-bond donors (Lipinski definition) is 1. The number of ether oxygens (including phenoxy) is 1. The average molecular weight is 286 g/mol. The summed E-state index contributed by atoms with van der Waals surface area (Å²) in [5.74, 6) is -1.75. The van der Waals surface area contributed by atoms with Crippen LogP contribution < -0.4 is 0 Å². The number of aliphatic carboxylic acids is 1. The maximum absolute atomic E-state index is 12.4. The summed E-state index contributed by atoms with van der Waals surface area (Å²) in [5.41, 5.74) is -2.22. The van der Waals surface area contributed by atoms with E-state index in [0.717, 1.165) is 32.1 Å². The zero-order valence-corrected chi connectivity index (χ0v) is 13.8. The minimum atomic E-state index is -1.52. The molecule has 0 spiro atoms. The molecule has 0 aliphatic heterocycles. The molecule has 20 heavy (non-hydrogen) atoms. The highest BCUT2D eigenvalue weighted by molar-refractivity contribution is 5.99. The Balaban J connectivity index is 4.88. The van der Waals surface area contributed by atoms with Gasteiger partial charge in [-0.2, -0.15) is 0 Å². The van der Waals surface area contributed by atoms with Crippen molar-refractivity contribution in [2.24, 2.45) is 10.8 Å². The van der Waals surface area contributed by atoms with Gasteiger partial charge in [0.15, 0.2) is 5.41 Å². The van der Waals surface area contributed by atoms with Crippen LogP contribution in [0.1, 0.15) is 73.6 Å². The maximum Gasteiger partial charge on any atom is 0.324 e. The second-order valence-corrected chi connectivity index (χ2v) is 6.61. The molecule has 0 aliphatic rings. The van der Waals surface area contributed by atoms with Gasteiger partial charge < -0.3 is 9.84 Å². The zero-order chi connectivity index (χ0) is 16.0. The minimum Gasteiger partial charge on any atom is -0.480 e. The maximum atomic E-state index is 12.4. The van der Waals surface area contributed by atoms with E-state index in [4.69, 9.17) is 4.74 Å². The van der Waals surface area contributed by atoms with Gasteiger partial charge >= 0.3 is 11.9 Å². The quantitative estimate of drug-likeness (QED) is 0.416. The van der Waals surface area contributed by atoms with E-state index >= 15 is 0 Å². The van der Waals surface area contributed by atoms with Gasteiger partial charge in [0.05, 0.1) is 0 Å². The van der Waals surface area contributed by atoms with E-state index in [2.05, 4.69) is 6.92 Å². The fraction of sp³-hybridized carbons (Fsp3) is 0.875. The van der Waals surface area contributed by atoms with Gasteiger partial charge in [0.2, 0.25) is 0 Å². The van der Waals surface area contributed by atoms with Gasteiger partial charge in [0.25, 0.3) is 0 Å². The summed E-state index contributed by atoms with van der Waals surface area (Å²) in [4.78, 5) is 23.9. The van der Waals surface area contributed by atoms with Crippen molar-refractivity contribution in [2.75, 3.05) is 0 Å². The molecule has 0 bridgehead atoms. The van der Waals surface area contributed by atoms with Crippen molar-refractivity contribution in [2.45, 2.75) is 79.8 Å². The second kappa shape index (κ2) is 7.65. The summed E-state index contributed by atoms with van der Waals surface area (Å²) >= 11 is 0. The van der Waals surface area contributed by atoms with Crippen molar-refractivity contribution in [1.82, 2.24) is 0 Å². The number of carbonyl (C=O) groups excluding carboxylic acids is 1. The van der Waals surface area contributed by atoms with E-state index < -0.39 is 22.8 Å². The van der Waals surface area contributed by atoms with Crippen molar-refractivity contribution >= 4 is 11.9 Å². The van der Waals surface area contributed by atoms with E-state index in [1.54, 1.807) is 20.8 Å². The summed E-state index contributed by atoms with van der Waals surface area (Å²) in [6, 6.07) is 0. The predicted molar refractivity (Wildman–Crippen MR) is 79.5 cm³/mol. The highest BCUT2D eigenvalue weighted by Gasteiger charge is 2.52. The summed E-state index contributed by atoms with van der Waals surface area (Å²) in [7, 11) is 0. The first-order valence-electron chi connectivity index (χ1n) is 7.55. The SMILES string of the molecule is CCCCCC(CC)OC(=O)C(C)(C(=O)O)C(C)(C)C. The van der Waals surface area contributed by atoms with E-state index in [-0.39, 0.29) is 6.10 Å². The third kappa shape index (κ3) is 4.50. The Morgan fingerprint density at radius 1 is 1.10 bits per heavy atom. The highest BCUT2D eigenvalue weighted by atomic mass is 16.5. The van der Waals surface area contributed by atoms with Crippen LogP contribution in [0.25, 0.3) is 0 Å². The number of carbonyl (C=O) groups is 2. The fourth-order valence-corrected chi connectivity index (χ4v) is 1.95. The lowest BCUT2D eigenvalue weighted by atomic mass is 9.68. The Bertz CT molecular complexity index is 330. The summed E-state index contributed by atoms with van der Waals surface area (Å²) in [5, 5.41) is 9.44. The molecule has 0 aliphatic carbocycles. The Morgan fingerprint density at radius 2 is 1.65 bits per heavy atom. The van der Waals surface area contributed by atoms with Gasteiger partial charge in [-0.3, -0.25) is 9.59 Å². The molecule has 0 saturated carbocycles. The number of esters is 1. The second-order valence-electron chi connectivity index (χ2n) is 6.61. The number of carboxylic acid groups (broad SMARTS) is 1. The first kappa shape index (κ1) is 18.9. The molecule has 0 saturated heterocycles. The van der Waals surface area contributed by atoms with Crippen molar-refractivity contribution in [3.05, 3.63) is 0 Å². The number of rotatable bonds is 8. The first-order chi connectivity index (χ1) is 9.11. The lowest BCUT2D eigenvalue weighted by Crippen LogP contribution is -2.48. The lowest BCUT2D eigenvalue weighted by molar-refractivity contribution is -0.180. The number of carboxylic acids is 1. The smallest absolute Gasteiger partial charge is 0.324 e. The third-order valence-corrected chi connectivity index (χ3v) is 4.19. The Hall–Kier alpha value is -1.06. The lowest BCUT2D eigenvalue weighted by Gasteiger charge is -2.36. The molecule has 0 radical (unpaired) electrons. The summed E-state index contributed by atoms with van der Waals surface area (Å²) < 4.78 is 5.48. The van der Waals surface area contributed by atoms with Crippen LogP contribution in [-0.4, -0.2) is 23.1 Å². The highest BCUT2D eigenvalue weighted by Crippen LogP contribution is 2.40. The van der Waals surface area contributed by atoms with Crippen molar-refractivity contribution in [3.8, 4) is 0 Å².